The van der Waals surface area contributed by atoms with E-state index in [4.69, 9.17) is 10.5 Å². The van der Waals surface area contributed by atoms with Gasteiger partial charge in [0.25, 0.3) is 5.91 Å². The number of nitrogens with two attached hydrogens (primary N) is 1. The van der Waals surface area contributed by atoms with Crippen molar-refractivity contribution in [3.8, 4) is 0 Å². The molecule has 1 saturated heterocycles. The lowest BCUT2D eigenvalue weighted by atomic mass is 10.1. The van der Waals surface area contributed by atoms with Crippen LogP contribution >= 0.6 is 0 Å². The second-order valence-electron chi connectivity index (χ2n) is 6.55. The summed E-state index contributed by atoms with van der Waals surface area (Å²) >= 11 is 0. The Morgan fingerprint density at radius 3 is 2.52 bits per heavy atom. The SMILES string of the molecule is CC(C)(C)OC(=O)N1CCN(C(=O)c2ccncc2)C(CN)C1. The molecule has 0 aliphatic carbocycles. The van der Waals surface area contributed by atoms with Gasteiger partial charge in [0.1, 0.15) is 5.60 Å². The third-order valence-corrected chi connectivity index (χ3v) is 3.59. The second-order valence-corrected chi connectivity index (χ2v) is 6.55. The van der Waals surface area contributed by atoms with Gasteiger partial charge in [-0.15, -0.1) is 0 Å². The van der Waals surface area contributed by atoms with Gasteiger partial charge in [0.05, 0.1) is 6.04 Å². The average Bonchev–Trinajstić information content (AvgIpc) is 2.52. The number of carbonyl (C=O) groups is 2. The zero-order chi connectivity index (χ0) is 17.0. The monoisotopic (exact) mass is 320 g/mol. The Hall–Kier alpha value is -2.15. The predicted octanol–water partition coefficient (Wildman–Crippen LogP) is 1.10. The summed E-state index contributed by atoms with van der Waals surface area (Å²) in [5, 5.41) is 0. The molecule has 1 atom stereocenters. The molecule has 1 aromatic heterocycles. The lowest BCUT2D eigenvalue weighted by molar-refractivity contribution is 0.00527. The van der Waals surface area contributed by atoms with Crippen molar-refractivity contribution in [1.82, 2.24) is 14.8 Å². The summed E-state index contributed by atoms with van der Waals surface area (Å²) in [4.78, 5) is 32.0. The number of ether oxygens (including phenoxy) is 1. The highest BCUT2D eigenvalue weighted by Gasteiger charge is 2.33. The third-order valence-electron chi connectivity index (χ3n) is 3.59. The van der Waals surface area contributed by atoms with Crippen molar-refractivity contribution in [1.29, 1.82) is 0 Å². The molecule has 1 aliphatic rings. The number of aromatic nitrogens is 1. The Labute approximate surface area is 136 Å². The van der Waals surface area contributed by atoms with Crippen LogP contribution in [-0.4, -0.2) is 64.6 Å². The normalized spacial score (nSPS) is 18.7. The quantitative estimate of drug-likeness (QED) is 0.881. The summed E-state index contributed by atoms with van der Waals surface area (Å²) in [6.07, 6.45) is 2.80. The Balaban J connectivity index is 2.05. The first-order valence-corrected chi connectivity index (χ1v) is 7.71. The van der Waals surface area contributed by atoms with Crippen LogP contribution in [-0.2, 0) is 4.74 Å². The summed E-state index contributed by atoms with van der Waals surface area (Å²) in [5.74, 6) is -0.0910. The standard InChI is InChI=1S/C16H24N4O3/c1-16(2,3)23-15(22)19-8-9-20(13(10-17)11-19)14(21)12-4-6-18-7-5-12/h4-7,13H,8-11,17H2,1-3H3. The van der Waals surface area contributed by atoms with E-state index in [1.807, 2.05) is 20.8 Å². The number of rotatable bonds is 2. The van der Waals surface area contributed by atoms with Crippen LogP contribution in [0.4, 0.5) is 4.79 Å². The Morgan fingerprint density at radius 2 is 1.96 bits per heavy atom. The predicted molar refractivity (Wildman–Crippen MR) is 85.9 cm³/mol. The van der Waals surface area contributed by atoms with Gasteiger partial charge in [-0.05, 0) is 32.9 Å². The Kier molecular flexibility index (Phi) is 5.20. The smallest absolute Gasteiger partial charge is 0.410 e. The van der Waals surface area contributed by atoms with Crippen LogP contribution in [0.25, 0.3) is 0 Å². The molecular weight excluding hydrogens is 296 g/mol. The van der Waals surface area contributed by atoms with Gasteiger partial charge in [-0.1, -0.05) is 0 Å². The molecule has 2 rings (SSSR count). The molecule has 0 spiro atoms. The van der Waals surface area contributed by atoms with E-state index in [-0.39, 0.29) is 24.6 Å². The highest BCUT2D eigenvalue weighted by Crippen LogP contribution is 2.16. The Morgan fingerprint density at radius 1 is 1.30 bits per heavy atom. The molecule has 0 saturated carbocycles. The molecule has 1 aromatic rings. The molecule has 0 bridgehead atoms. The van der Waals surface area contributed by atoms with Gasteiger partial charge in [0.2, 0.25) is 0 Å². The van der Waals surface area contributed by atoms with E-state index in [9.17, 15) is 9.59 Å². The van der Waals surface area contributed by atoms with E-state index in [1.165, 1.54) is 0 Å². The van der Waals surface area contributed by atoms with Gasteiger partial charge < -0.3 is 20.3 Å². The summed E-state index contributed by atoms with van der Waals surface area (Å²) < 4.78 is 5.38. The van der Waals surface area contributed by atoms with Crippen LogP contribution in [0.3, 0.4) is 0 Å². The number of carbonyl (C=O) groups excluding carboxylic acids is 2. The van der Waals surface area contributed by atoms with Crippen LogP contribution < -0.4 is 5.73 Å². The minimum absolute atomic E-state index is 0.0910. The van der Waals surface area contributed by atoms with Crippen molar-refractivity contribution in [3.63, 3.8) is 0 Å². The zero-order valence-electron chi connectivity index (χ0n) is 13.9. The van der Waals surface area contributed by atoms with Gasteiger partial charge in [-0.2, -0.15) is 0 Å². The van der Waals surface area contributed by atoms with Crippen LogP contribution in [0.15, 0.2) is 24.5 Å². The van der Waals surface area contributed by atoms with E-state index in [0.29, 0.717) is 25.2 Å². The van der Waals surface area contributed by atoms with Gasteiger partial charge in [-0.25, -0.2) is 4.79 Å². The zero-order valence-corrected chi connectivity index (χ0v) is 13.9. The molecule has 2 heterocycles. The third kappa shape index (κ3) is 4.41. The molecule has 1 aliphatic heterocycles. The summed E-state index contributed by atoms with van der Waals surface area (Å²) in [6.45, 7) is 7.01. The molecule has 0 radical (unpaired) electrons. The number of hydrogen-bond acceptors (Lipinski definition) is 5. The van der Waals surface area contributed by atoms with E-state index in [1.54, 1.807) is 34.3 Å². The Bertz CT molecular complexity index is 556. The minimum Gasteiger partial charge on any atom is -0.444 e. The van der Waals surface area contributed by atoms with Gasteiger partial charge >= 0.3 is 6.09 Å². The topological polar surface area (TPSA) is 88.8 Å². The average molecular weight is 320 g/mol. The molecule has 23 heavy (non-hydrogen) atoms. The highest BCUT2D eigenvalue weighted by molar-refractivity contribution is 5.94. The van der Waals surface area contributed by atoms with Crippen molar-refractivity contribution in [2.24, 2.45) is 5.73 Å². The molecule has 0 aromatic carbocycles. The van der Waals surface area contributed by atoms with E-state index < -0.39 is 5.60 Å². The fourth-order valence-electron chi connectivity index (χ4n) is 2.48. The molecule has 1 fully saturated rings. The summed E-state index contributed by atoms with van der Waals surface area (Å²) in [6, 6.07) is 3.13. The van der Waals surface area contributed by atoms with Gasteiger partial charge in [0, 0.05) is 44.1 Å². The van der Waals surface area contributed by atoms with Gasteiger partial charge in [0.15, 0.2) is 0 Å². The fourth-order valence-corrected chi connectivity index (χ4v) is 2.48. The first-order chi connectivity index (χ1) is 10.8. The number of piperazine rings is 1. The second kappa shape index (κ2) is 6.95. The van der Waals surface area contributed by atoms with E-state index in [2.05, 4.69) is 4.98 Å². The van der Waals surface area contributed by atoms with Crippen LogP contribution in [0, 0.1) is 0 Å². The van der Waals surface area contributed by atoms with Crippen LogP contribution in [0.5, 0.6) is 0 Å². The molecule has 1 unspecified atom stereocenters. The summed E-state index contributed by atoms with van der Waals surface area (Å²) in [7, 11) is 0. The maximum absolute atomic E-state index is 12.6. The van der Waals surface area contributed by atoms with Crippen molar-refractivity contribution in [2.45, 2.75) is 32.4 Å². The minimum atomic E-state index is -0.542. The molecule has 2 amide bonds. The van der Waals surface area contributed by atoms with E-state index >= 15 is 0 Å². The number of nitrogens with zero attached hydrogens (tertiary/aromatic N) is 3. The first kappa shape index (κ1) is 17.2. The maximum atomic E-state index is 12.6. The maximum Gasteiger partial charge on any atom is 0.410 e. The molecular formula is C16H24N4O3. The first-order valence-electron chi connectivity index (χ1n) is 7.71. The molecule has 7 heteroatoms. The van der Waals surface area contributed by atoms with Crippen LogP contribution in [0.2, 0.25) is 0 Å². The number of pyridine rings is 1. The lowest BCUT2D eigenvalue weighted by Gasteiger charge is -2.41. The molecule has 7 nitrogen and oxygen atoms in total. The molecule has 2 N–H and O–H groups in total. The van der Waals surface area contributed by atoms with Crippen molar-refractivity contribution < 1.29 is 14.3 Å². The number of hydrogen-bond donors (Lipinski definition) is 1. The summed E-state index contributed by atoms with van der Waals surface area (Å²) in [5.41, 5.74) is 5.85. The van der Waals surface area contributed by atoms with Gasteiger partial charge in [-0.3, -0.25) is 9.78 Å². The lowest BCUT2D eigenvalue weighted by Crippen LogP contribution is -2.59. The van der Waals surface area contributed by atoms with Crippen molar-refractivity contribution in [3.05, 3.63) is 30.1 Å². The number of amides is 2. The fraction of sp³-hybridized carbons (Fsp3) is 0.562. The largest absolute Gasteiger partial charge is 0.444 e. The van der Waals surface area contributed by atoms with Crippen molar-refractivity contribution >= 4 is 12.0 Å². The highest BCUT2D eigenvalue weighted by atomic mass is 16.6. The van der Waals surface area contributed by atoms with E-state index in [0.717, 1.165) is 0 Å². The van der Waals surface area contributed by atoms with Crippen LogP contribution in [0.1, 0.15) is 31.1 Å². The van der Waals surface area contributed by atoms with Crippen molar-refractivity contribution in [2.75, 3.05) is 26.2 Å². The molecule has 126 valence electrons.